The van der Waals surface area contributed by atoms with Crippen molar-refractivity contribution in [2.75, 3.05) is 30.0 Å². The molecule has 0 saturated carbocycles. The Morgan fingerprint density at radius 2 is 1.25 bits per heavy atom. The summed E-state index contributed by atoms with van der Waals surface area (Å²) in [5.74, 6) is -1.36. The van der Waals surface area contributed by atoms with E-state index in [9.17, 15) is 39.6 Å². The zero-order valence-corrected chi connectivity index (χ0v) is 38.1. The maximum Gasteiger partial charge on any atom is 0.306 e. The summed E-state index contributed by atoms with van der Waals surface area (Å²) in [7, 11) is 0. The Bertz CT molecular complexity index is 1340. The summed E-state index contributed by atoms with van der Waals surface area (Å²) >= 11 is 1.27. The number of unbranched alkanes of at least 4 members (excludes halogenated alkanes) is 18. The molecule has 0 aliphatic carbocycles. The number of thioether (sulfide) groups is 1. The maximum atomic E-state index is 13.7. The first kappa shape index (κ1) is 54.3. The van der Waals surface area contributed by atoms with Gasteiger partial charge in [-0.25, -0.2) is 4.68 Å². The summed E-state index contributed by atoms with van der Waals surface area (Å²) in [6, 6.07) is -1.04. The smallest absolute Gasteiger partial charge is 0.306 e. The molecule has 1 saturated heterocycles. The van der Waals surface area contributed by atoms with E-state index in [0.29, 0.717) is 12.8 Å². The van der Waals surface area contributed by atoms with Gasteiger partial charge in [-0.2, -0.15) is 11.8 Å². The number of aromatic nitrogens is 3. The van der Waals surface area contributed by atoms with Gasteiger partial charge in [0.2, 0.25) is 11.8 Å². The molecule has 6 unspecified atom stereocenters. The molecule has 17 heteroatoms. The summed E-state index contributed by atoms with van der Waals surface area (Å²) in [5.41, 5.74) is 0. The second kappa shape index (κ2) is 33.7. The Morgan fingerprint density at radius 3 is 1.80 bits per heavy atom. The van der Waals surface area contributed by atoms with Crippen molar-refractivity contribution >= 4 is 41.3 Å². The minimum absolute atomic E-state index is 0.0386. The van der Waals surface area contributed by atoms with Gasteiger partial charge in [0.1, 0.15) is 43.2 Å². The van der Waals surface area contributed by atoms with Crippen LogP contribution < -0.4 is 10.6 Å². The number of esters is 2. The molecule has 0 radical (unpaired) electrons. The second-order valence-corrected chi connectivity index (χ2v) is 17.4. The third kappa shape index (κ3) is 23.4. The molecule has 0 spiro atoms. The number of anilines is 1. The topological polar surface area (TPSA) is 232 Å². The van der Waals surface area contributed by atoms with Crippen molar-refractivity contribution in [3.8, 4) is 0 Å². The minimum atomic E-state index is -1.64. The second-order valence-electron chi connectivity index (χ2n) is 16.4. The summed E-state index contributed by atoms with van der Waals surface area (Å²) in [6.07, 6.45) is 16.1. The SMILES string of the molecule is CCCCCCCCCC(=O)NC(CSCC(COC(=O)CCCCCCCCC)OC(=O)CCCCCCCCC)C(=O)Nc1cn([C@@H]2OC(CO)C(O)C(O)C2O)nn1. The van der Waals surface area contributed by atoms with E-state index in [0.717, 1.165) is 81.7 Å². The molecule has 2 rings (SSSR count). The number of carbonyl (C=O) groups excluding carboxylic acids is 4. The maximum absolute atomic E-state index is 13.7. The molecule has 352 valence electrons. The fourth-order valence-electron chi connectivity index (χ4n) is 7.05. The van der Waals surface area contributed by atoms with Gasteiger partial charge in [-0.1, -0.05) is 142 Å². The van der Waals surface area contributed by atoms with Gasteiger partial charge < -0.3 is 45.3 Å². The third-order valence-electron chi connectivity index (χ3n) is 10.8. The van der Waals surface area contributed by atoms with Crippen molar-refractivity contribution in [1.29, 1.82) is 0 Å². The van der Waals surface area contributed by atoms with Crippen molar-refractivity contribution < 1.29 is 53.8 Å². The van der Waals surface area contributed by atoms with Crippen LogP contribution in [0.2, 0.25) is 0 Å². The molecule has 16 nitrogen and oxygen atoms in total. The van der Waals surface area contributed by atoms with Crippen LogP contribution in [0, 0.1) is 0 Å². The molecular weight excluding hydrogens is 807 g/mol. The minimum Gasteiger partial charge on any atom is -0.462 e. The predicted molar refractivity (Wildman–Crippen MR) is 236 cm³/mol. The van der Waals surface area contributed by atoms with Crippen molar-refractivity contribution in [1.82, 2.24) is 20.3 Å². The van der Waals surface area contributed by atoms with Crippen LogP contribution >= 0.6 is 11.8 Å². The molecule has 1 aromatic rings. The summed E-state index contributed by atoms with van der Waals surface area (Å²) in [4.78, 5) is 52.5. The zero-order chi connectivity index (χ0) is 44.7. The van der Waals surface area contributed by atoms with E-state index in [1.54, 1.807) is 0 Å². The van der Waals surface area contributed by atoms with Crippen LogP contribution in [0.4, 0.5) is 5.82 Å². The quantitative estimate of drug-likeness (QED) is 0.0322. The molecule has 1 fully saturated rings. The number of aliphatic hydroxyl groups is 4. The van der Waals surface area contributed by atoms with Crippen molar-refractivity contribution in [3.05, 3.63) is 6.20 Å². The first-order valence-corrected chi connectivity index (χ1v) is 24.4. The number of carbonyl (C=O) groups is 4. The number of hydrogen-bond acceptors (Lipinski definition) is 14. The Morgan fingerprint density at radius 1 is 0.721 bits per heavy atom. The molecule has 2 heterocycles. The Kier molecular flexibility index (Phi) is 30.0. The van der Waals surface area contributed by atoms with E-state index in [1.807, 2.05) is 0 Å². The molecule has 7 atom stereocenters. The number of amides is 2. The van der Waals surface area contributed by atoms with Gasteiger partial charge >= 0.3 is 11.9 Å². The van der Waals surface area contributed by atoms with Gasteiger partial charge in [-0.05, 0) is 19.3 Å². The van der Waals surface area contributed by atoms with E-state index in [4.69, 9.17) is 14.2 Å². The number of nitrogens with one attached hydrogen (secondary N) is 2. The van der Waals surface area contributed by atoms with E-state index in [2.05, 4.69) is 41.7 Å². The molecule has 0 bridgehead atoms. The average molecular weight is 886 g/mol. The van der Waals surface area contributed by atoms with Crippen LogP contribution in [-0.4, -0.2) is 120 Å². The van der Waals surface area contributed by atoms with Crippen molar-refractivity contribution in [2.24, 2.45) is 0 Å². The highest BCUT2D eigenvalue weighted by Gasteiger charge is 2.44. The lowest BCUT2D eigenvalue weighted by Crippen LogP contribution is -2.56. The number of nitrogens with zero attached hydrogens (tertiary/aromatic N) is 3. The van der Waals surface area contributed by atoms with Gasteiger partial charge in [0, 0.05) is 30.8 Å². The highest BCUT2D eigenvalue weighted by atomic mass is 32.2. The highest BCUT2D eigenvalue weighted by Crippen LogP contribution is 2.28. The Hall–Kier alpha value is -2.83. The molecule has 1 aliphatic rings. The molecule has 2 amide bonds. The predicted octanol–water partition coefficient (Wildman–Crippen LogP) is 6.28. The van der Waals surface area contributed by atoms with Gasteiger partial charge in [0.15, 0.2) is 12.0 Å². The number of aliphatic hydroxyl groups excluding tert-OH is 4. The molecular formula is C44H79N5O11S. The van der Waals surface area contributed by atoms with Crippen LogP contribution in [0.15, 0.2) is 6.20 Å². The van der Waals surface area contributed by atoms with Crippen molar-refractivity contribution in [2.45, 2.75) is 218 Å². The standard InChI is InChI=1S/C44H79N5O11S/c1-4-7-10-13-16-19-22-25-37(51)45-34(43(57)46-36-28-49(48-47-36)44-42(56)41(55)40(54)35(29-50)60-44)32-61-31-33(59-39(53)27-24-21-18-15-12-9-6-3)30-58-38(52)26-23-20-17-14-11-8-5-2/h28,33-35,40-42,44,50,54-56H,4-27,29-32H2,1-3H3,(H,45,51)(H,46,57)/t33?,34?,35?,40?,41?,42?,44-/m1/s1. The lowest BCUT2D eigenvalue weighted by molar-refractivity contribution is -0.254. The summed E-state index contributed by atoms with van der Waals surface area (Å²) in [6.45, 7) is 5.77. The lowest BCUT2D eigenvalue weighted by atomic mass is 9.98. The summed E-state index contributed by atoms with van der Waals surface area (Å²) in [5, 5.41) is 53.8. The number of ether oxygens (including phenoxy) is 3. The largest absolute Gasteiger partial charge is 0.462 e. The van der Waals surface area contributed by atoms with Crippen LogP contribution in [0.1, 0.15) is 181 Å². The number of rotatable bonds is 36. The fourth-order valence-corrected chi connectivity index (χ4v) is 8.09. The van der Waals surface area contributed by atoms with E-state index >= 15 is 0 Å². The zero-order valence-electron chi connectivity index (χ0n) is 37.3. The third-order valence-corrected chi connectivity index (χ3v) is 12.0. The molecule has 1 aromatic heterocycles. The molecule has 0 aromatic carbocycles. The van der Waals surface area contributed by atoms with Crippen LogP contribution in [0.5, 0.6) is 0 Å². The van der Waals surface area contributed by atoms with E-state index in [-0.39, 0.29) is 61.0 Å². The van der Waals surface area contributed by atoms with Crippen molar-refractivity contribution in [3.63, 3.8) is 0 Å². The average Bonchev–Trinajstić information content (AvgIpc) is 3.71. The molecule has 1 aliphatic heterocycles. The summed E-state index contributed by atoms with van der Waals surface area (Å²) < 4.78 is 18.0. The van der Waals surface area contributed by atoms with Gasteiger partial charge in [-0.15, -0.1) is 5.10 Å². The molecule has 61 heavy (non-hydrogen) atoms. The normalized spacial score (nSPS) is 19.9. The fraction of sp³-hybridized carbons (Fsp3) is 0.864. The highest BCUT2D eigenvalue weighted by molar-refractivity contribution is 7.99. The van der Waals surface area contributed by atoms with Crippen LogP contribution in [-0.2, 0) is 33.4 Å². The lowest BCUT2D eigenvalue weighted by Gasteiger charge is -2.39. The van der Waals surface area contributed by atoms with E-state index in [1.165, 1.54) is 62.9 Å². The van der Waals surface area contributed by atoms with Crippen LogP contribution in [0.3, 0.4) is 0 Å². The van der Waals surface area contributed by atoms with Crippen LogP contribution in [0.25, 0.3) is 0 Å². The molecule has 6 N–H and O–H groups in total. The first-order chi connectivity index (χ1) is 29.5. The Labute approximate surface area is 368 Å². The monoisotopic (exact) mass is 886 g/mol. The van der Waals surface area contributed by atoms with E-state index < -0.39 is 55.3 Å². The van der Waals surface area contributed by atoms with Gasteiger partial charge in [-0.3, -0.25) is 19.2 Å². The van der Waals surface area contributed by atoms with Gasteiger partial charge in [0.05, 0.1) is 12.8 Å². The number of hydrogen-bond donors (Lipinski definition) is 6. The Balaban J connectivity index is 2.08. The first-order valence-electron chi connectivity index (χ1n) is 23.3. The van der Waals surface area contributed by atoms with Gasteiger partial charge in [0.25, 0.3) is 0 Å².